The molecule has 0 rings (SSSR count). The molecule has 0 aromatic rings. The minimum Gasteiger partial charge on any atom is -0.329 e. The zero-order valence-electron chi connectivity index (χ0n) is 10.5. The molecule has 0 bridgehead atoms. The molecule has 0 aliphatic rings. The van der Waals surface area contributed by atoms with Crippen molar-refractivity contribution in [2.75, 3.05) is 39.3 Å². The Morgan fingerprint density at radius 2 is 1.35 bits per heavy atom. The van der Waals surface area contributed by atoms with Crippen LogP contribution >= 0.6 is 7.75 Å². The van der Waals surface area contributed by atoms with Crippen molar-refractivity contribution in [1.82, 2.24) is 10.1 Å². The highest BCUT2D eigenvalue weighted by Gasteiger charge is 2.25. The van der Waals surface area contributed by atoms with Gasteiger partial charge in [0.15, 0.2) is 0 Å². The van der Waals surface area contributed by atoms with Gasteiger partial charge in [-0.25, -0.2) is 19.3 Å². The normalized spacial score (nSPS) is 12.6. The predicted octanol–water partition coefficient (Wildman–Crippen LogP) is -0.522. The molecule has 0 unspecified atom stereocenters. The van der Waals surface area contributed by atoms with E-state index < -0.39 is 7.75 Å². The summed E-state index contributed by atoms with van der Waals surface area (Å²) in [5.41, 5.74) is 16.2. The number of hydroxylamine groups is 4. The highest BCUT2D eigenvalue weighted by Crippen LogP contribution is 2.40. The molecular formula is C8H24N5O3P. The fraction of sp³-hybridized carbons (Fsp3) is 1.00. The van der Waals surface area contributed by atoms with Gasteiger partial charge in [0.25, 0.3) is 0 Å². The van der Waals surface area contributed by atoms with Gasteiger partial charge in [-0.2, -0.15) is 10.1 Å². The van der Waals surface area contributed by atoms with E-state index in [4.69, 9.17) is 26.2 Å². The fourth-order valence-corrected chi connectivity index (χ4v) is 2.21. The van der Waals surface area contributed by atoms with Gasteiger partial charge in [0.2, 0.25) is 0 Å². The lowest BCUT2D eigenvalue weighted by molar-refractivity contribution is -0.117. The van der Waals surface area contributed by atoms with Crippen molar-refractivity contribution in [2.24, 2.45) is 17.0 Å². The van der Waals surface area contributed by atoms with Crippen LogP contribution in [0.2, 0.25) is 0 Å². The SMILES string of the molecule is CCN(CCN)OP(N)(=O)ON(CC)CCN. The van der Waals surface area contributed by atoms with Crippen molar-refractivity contribution in [1.29, 1.82) is 0 Å². The summed E-state index contributed by atoms with van der Waals surface area (Å²) < 4.78 is 22.0. The first-order chi connectivity index (χ1) is 7.99. The summed E-state index contributed by atoms with van der Waals surface area (Å²) >= 11 is 0. The maximum Gasteiger partial charge on any atom is 0.436 e. The zero-order chi connectivity index (χ0) is 13.3. The van der Waals surface area contributed by atoms with Crippen LogP contribution < -0.4 is 17.0 Å². The summed E-state index contributed by atoms with van der Waals surface area (Å²) in [6.07, 6.45) is 0. The van der Waals surface area contributed by atoms with Crippen molar-refractivity contribution < 1.29 is 13.8 Å². The Balaban J connectivity index is 4.29. The highest BCUT2D eigenvalue weighted by atomic mass is 31.2. The van der Waals surface area contributed by atoms with Gasteiger partial charge in [0.05, 0.1) is 0 Å². The van der Waals surface area contributed by atoms with E-state index in [-0.39, 0.29) is 0 Å². The van der Waals surface area contributed by atoms with Crippen molar-refractivity contribution >= 4 is 7.75 Å². The van der Waals surface area contributed by atoms with Crippen LogP contribution in [-0.2, 0) is 13.8 Å². The smallest absolute Gasteiger partial charge is 0.329 e. The van der Waals surface area contributed by atoms with Gasteiger partial charge in [-0.15, -0.1) is 0 Å². The Labute approximate surface area is 102 Å². The molecule has 8 nitrogen and oxygen atoms in total. The minimum atomic E-state index is -3.66. The number of rotatable bonds is 10. The maximum atomic E-state index is 11.9. The second-order valence-corrected chi connectivity index (χ2v) is 4.73. The Hall–Kier alpha value is -0.0500. The molecule has 0 heterocycles. The summed E-state index contributed by atoms with van der Waals surface area (Å²) in [5, 5.41) is 2.83. The number of hydrogen-bond donors (Lipinski definition) is 3. The molecule has 0 aliphatic carbocycles. The molecule has 0 aromatic carbocycles. The highest BCUT2D eigenvalue weighted by molar-refractivity contribution is 7.51. The molecule has 0 atom stereocenters. The molecule has 0 fully saturated rings. The second-order valence-electron chi connectivity index (χ2n) is 3.32. The molecule has 0 radical (unpaired) electrons. The number of hydrogen-bond acceptors (Lipinski definition) is 7. The first-order valence-electron chi connectivity index (χ1n) is 5.67. The largest absolute Gasteiger partial charge is 0.436 e. The van der Waals surface area contributed by atoms with Crippen molar-refractivity contribution in [3.8, 4) is 0 Å². The van der Waals surface area contributed by atoms with Gasteiger partial charge in [0, 0.05) is 39.3 Å². The van der Waals surface area contributed by atoms with Gasteiger partial charge < -0.3 is 11.5 Å². The summed E-state index contributed by atoms with van der Waals surface area (Å²) in [7, 11) is -3.66. The van der Waals surface area contributed by atoms with Crippen molar-refractivity contribution in [2.45, 2.75) is 13.8 Å². The molecule has 0 saturated heterocycles. The van der Waals surface area contributed by atoms with E-state index in [0.29, 0.717) is 39.3 Å². The van der Waals surface area contributed by atoms with Crippen molar-refractivity contribution in [3.05, 3.63) is 0 Å². The number of nitrogens with zero attached hydrogens (tertiary/aromatic N) is 2. The summed E-state index contributed by atoms with van der Waals surface area (Å²) in [6.45, 7) is 6.35. The van der Waals surface area contributed by atoms with Gasteiger partial charge in [-0.3, -0.25) is 0 Å². The first kappa shape index (κ1) is 16.9. The lowest BCUT2D eigenvalue weighted by Gasteiger charge is -2.26. The molecule has 0 spiro atoms. The molecule has 0 aliphatic heterocycles. The number of nitrogens with two attached hydrogens (primary N) is 3. The van der Waals surface area contributed by atoms with E-state index >= 15 is 0 Å². The molecular weight excluding hydrogens is 245 g/mol. The predicted molar refractivity (Wildman–Crippen MR) is 66.6 cm³/mol. The molecule has 0 amide bonds. The lowest BCUT2D eigenvalue weighted by atomic mass is 10.6. The van der Waals surface area contributed by atoms with Gasteiger partial charge in [0.1, 0.15) is 0 Å². The van der Waals surface area contributed by atoms with Gasteiger partial charge >= 0.3 is 7.75 Å². The third-order valence-corrected chi connectivity index (χ3v) is 2.84. The average molecular weight is 269 g/mol. The standard InChI is InChI=1S/C8H24N5O3P/c1-3-12(7-5-9)15-17(11,14)16-13(4-2)8-6-10/h3-10H2,1-2H3,(H2,11,14). The second kappa shape index (κ2) is 8.96. The molecule has 17 heavy (non-hydrogen) atoms. The van der Waals surface area contributed by atoms with E-state index in [1.54, 1.807) is 0 Å². The van der Waals surface area contributed by atoms with Crippen LogP contribution in [-0.4, -0.2) is 49.4 Å². The molecule has 0 aromatic heterocycles. The van der Waals surface area contributed by atoms with Crippen LogP contribution in [0.3, 0.4) is 0 Å². The van der Waals surface area contributed by atoms with Crippen LogP contribution in [0.25, 0.3) is 0 Å². The monoisotopic (exact) mass is 269 g/mol. The Morgan fingerprint density at radius 1 is 1.00 bits per heavy atom. The summed E-state index contributed by atoms with van der Waals surface area (Å²) in [4.78, 5) is 0. The van der Waals surface area contributed by atoms with Crippen LogP contribution in [0.5, 0.6) is 0 Å². The molecule has 0 saturated carbocycles. The van der Waals surface area contributed by atoms with Gasteiger partial charge in [-0.1, -0.05) is 13.8 Å². The Morgan fingerprint density at radius 3 is 1.59 bits per heavy atom. The summed E-state index contributed by atoms with van der Waals surface area (Å²) in [6, 6.07) is 0. The van der Waals surface area contributed by atoms with E-state index in [1.807, 2.05) is 13.8 Å². The van der Waals surface area contributed by atoms with Crippen molar-refractivity contribution in [3.63, 3.8) is 0 Å². The van der Waals surface area contributed by atoms with Crippen LogP contribution in [0.4, 0.5) is 0 Å². The lowest BCUT2D eigenvalue weighted by Crippen LogP contribution is -2.34. The maximum absolute atomic E-state index is 11.9. The topological polar surface area (TPSA) is 120 Å². The van der Waals surface area contributed by atoms with Crippen LogP contribution in [0.15, 0.2) is 0 Å². The minimum absolute atomic E-state index is 0.383. The Kier molecular flexibility index (Phi) is 8.93. The summed E-state index contributed by atoms with van der Waals surface area (Å²) in [5.74, 6) is 0. The molecule has 104 valence electrons. The number of likely N-dealkylation sites (N-methyl/N-ethyl adjacent to an activating group) is 2. The fourth-order valence-electron chi connectivity index (χ4n) is 1.14. The molecule has 6 N–H and O–H groups in total. The average Bonchev–Trinajstić information content (AvgIpc) is 2.27. The van der Waals surface area contributed by atoms with E-state index in [9.17, 15) is 4.57 Å². The quantitative estimate of drug-likeness (QED) is 0.358. The van der Waals surface area contributed by atoms with Crippen LogP contribution in [0.1, 0.15) is 13.8 Å². The Bertz CT molecular complexity index is 223. The third kappa shape index (κ3) is 7.80. The van der Waals surface area contributed by atoms with E-state index in [0.717, 1.165) is 0 Å². The zero-order valence-corrected chi connectivity index (χ0v) is 11.4. The van der Waals surface area contributed by atoms with E-state index in [2.05, 4.69) is 0 Å². The third-order valence-electron chi connectivity index (χ3n) is 1.92. The molecule has 9 heteroatoms. The first-order valence-corrected chi connectivity index (χ1v) is 7.28. The van der Waals surface area contributed by atoms with E-state index in [1.165, 1.54) is 10.1 Å². The van der Waals surface area contributed by atoms with Crippen LogP contribution in [0, 0.1) is 0 Å². The van der Waals surface area contributed by atoms with Gasteiger partial charge in [-0.05, 0) is 0 Å².